The van der Waals surface area contributed by atoms with Crippen molar-refractivity contribution < 1.29 is 9.59 Å². The number of likely N-dealkylation sites (N-methyl/N-ethyl adjacent to an activating group) is 1. The zero-order valence-corrected chi connectivity index (χ0v) is 12.4. The molecule has 0 spiro atoms. The summed E-state index contributed by atoms with van der Waals surface area (Å²) in [7, 11) is 1.65. The number of carbonyl (C=O) groups is 2. The number of amides is 2. The highest BCUT2D eigenvalue weighted by Gasteiger charge is 2.37. The molecule has 2 amide bonds. The van der Waals surface area contributed by atoms with Gasteiger partial charge in [0, 0.05) is 13.6 Å². The molecule has 1 fully saturated rings. The van der Waals surface area contributed by atoms with Gasteiger partial charge in [-0.25, -0.2) is 0 Å². The molecule has 0 aromatic rings. The van der Waals surface area contributed by atoms with Crippen LogP contribution >= 0.6 is 0 Å². The largest absolute Gasteiger partial charge is 0.354 e. The summed E-state index contributed by atoms with van der Waals surface area (Å²) < 4.78 is 0. The summed E-state index contributed by atoms with van der Waals surface area (Å²) in [6, 6.07) is 0. The number of carbonyl (C=O) groups excluding carboxylic acids is 2. The number of nitrogens with two attached hydrogens (primary N) is 1. The molecule has 0 bridgehead atoms. The predicted molar refractivity (Wildman–Crippen MR) is 75.5 cm³/mol. The minimum Gasteiger partial charge on any atom is -0.354 e. The lowest BCUT2D eigenvalue weighted by atomic mass is 9.81. The van der Waals surface area contributed by atoms with Crippen LogP contribution in [0.1, 0.15) is 46.0 Å². The summed E-state index contributed by atoms with van der Waals surface area (Å²) in [5.41, 5.74) is 5.42. The zero-order chi connectivity index (χ0) is 14.5. The molecule has 0 aliphatic heterocycles. The second-order valence-electron chi connectivity index (χ2n) is 6.08. The first-order valence-electron chi connectivity index (χ1n) is 7.16. The van der Waals surface area contributed by atoms with Gasteiger partial charge in [-0.15, -0.1) is 0 Å². The molecule has 0 atom stereocenters. The van der Waals surface area contributed by atoms with Crippen LogP contribution in [0.4, 0.5) is 0 Å². The van der Waals surface area contributed by atoms with E-state index in [9.17, 15) is 9.59 Å². The first-order chi connectivity index (χ1) is 8.85. The van der Waals surface area contributed by atoms with Gasteiger partial charge in [0.15, 0.2) is 0 Å². The fourth-order valence-corrected chi connectivity index (χ4v) is 2.44. The first kappa shape index (κ1) is 16.0. The standard InChI is InChI=1S/C14H27N3O2/c1-11(2)9-16-12(18)10-17(3)13(19)14(15)7-5-4-6-8-14/h11H,4-10,15H2,1-3H3,(H,16,18). The van der Waals surface area contributed by atoms with Crippen LogP contribution in [0.2, 0.25) is 0 Å². The Balaban J connectivity index is 2.45. The quantitative estimate of drug-likeness (QED) is 0.778. The maximum atomic E-state index is 12.3. The summed E-state index contributed by atoms with van der Waals surface area (Å²) in [4.78, 5) is 25.5. The van der Waals surface area contributed by atoms with Crippen molar-refractivity contribution in [3.8, 4) is 0 Å². The molecule has 0 aromatic carbocycles. The van der Waals surface area contributed by atoms with Crippen molar-refractivity contribution in [3.05, 3.63) is 0 Å². The monoisotopic (exact) mass is 269 g/mol. The van der Waals surface area contributed by atoms with Crippen LogP contribution in [0, 0.1) is 5.92 Å². The minimum absolute atomic E-state index is 0.0878. The fourth-order valence-electron chi connectivity index (χ4n) is 2.44. The third-order valence-corrected chi connectivity index (χ3v) is 3.61. The molecule has 5 nitrogen and oxygen atoms in total. The Labute approximate surface area is 115 Å². The second kappa shape index (κ2) is 6.89. The van der Waals surface area contributed by atoms with Crippen LogP contribution < -0.4 is 11.1 Å². The molecule has 1 aliphatic rings. The molecule has 0 heterocycles. The Bertz CT molecular complexity index is 323. The van der Waals surface area contributed by atoms with Crippen molar-refractivity contribution >= 4 is 11.8 Å². The van der Waals surface area contributed by atoms with Crippen LogP contribution in [0.5, 0.6) is 0 Å². The molecular weight excluding hydrogens is 242 g/mol. The topological polar surface area (TPSA) is 75.4 Å². The van der Waals surface area contributed by atoms with Gasteiger partial charge in [-0.1, -0.05) is 33.1 Å². The summed E-state index contributed by atoms with van der Waals surface area (Å²) in [6.07, 6.45) is 4.59. The van der Waals surface area contributed by atoms with E-state index in [2.05, 4.69) is 5.32 Å². The number of nitrogens with zero attached hydrogens (tertiary/aromatic N) is 1. The molecular formula is C14H27N3O2. The summed E-state index contributed by atoms with van der Waals surface area (Å²) in [6.45, 7) is 4.79. The smallest absolute Gasteiger partial charge is 0.242 e. The predicted octanol–water partition coefficient (Wildman–Crippen LogP) is 0.879. The van der Waals surface area contributed by atoms with Gasteiger partial charge in [0.2, 0.25) is 11.8 Å². The van der Waals surface area contributed by atoms with Crippen LogP contribution in [0.15, 0.2) is 0 Å². The van der Waals surface area contributed by atoms with E-state index in [0.29, 0.717) is 12.5 Å². The molecule has 1 aliphatic carbocycles. The summed E-state index contributed by atoms with van der Waals surface area (Å²) in [5, 5.41) is 2.81. The highest BCUT2D eigenvalue weighted by atomic mass is 16.2. The fraction of sp³-hybridized carbons (Fsp3) is 0.857. The lowest BCUT2D eigenvalue weighted by Crippen LogP contribution is -2.56. The average molecular weight is 269 g/mol. The van der Waals surface area contributed by atoms with Gasteiger partial charge >= 0.3 is 0 Å². The van der Waals surface area contributed by atoms with Crippen molar-refractivity contribution in [2.24, 2.45) is 11.7 Å². The molecule has 1 rings (SSSR count). The van der Waals surface area contributed by atoms with E-state index >= 15 is 0 Å². The van der Waals surface area contributed by atoms with Crippen molar-refractivity contribution in [1.82, 2.24) is 10.2 Å². The van der Waals surface area contributed by atoms with E-state index in [1.165, 1.54) is 4.90 Å². The van der Waals surface area contributed by atoms with Gasteiger partial charge in [-0.3, -0.25) is 9.59 Å². The van der Waals surface area contributed by atoms with Crippen molar-refractivity contribution in [2.45, 2.75) is 51.5 Å². The third-order valence-electron chi connectivity index (χ3n) is 3.61. The van der Waals surface area contributed by atoms with Gasteiger partial charge in [0.1, 0.15) is 0 Å². The Morgan fingerprint density at radius 3 is 2.37 bits per heavy atom. The first-order valence-corrected chi connectivity index (χ1v) is 7.16. The maximum absolute atomic E-state index is 12.3. The van der Waals surface area contributed by atoms with E-state index in [0.717, 1.165) is 32.1 Å². The number of hydrogen-bond acceptors (Lipinski definition) is 3. The molecule has 3 N–H and O–H groups in total. The van der Waals surface area contributed by atoms with Crippen LogP contribution in [-0.4, -0.2) is 42.4 Å². The van der Waals surface area contributed by atoms with Crippen molar-refractivity contribution in [1.29, 1.82) is 0 Å². The van der Waals surface area contributed by atoms with E-state index in [-0.39, 0.29) is 18.4 Å². The molecule has 110 valence electrons. The Morgan fingerprint density at radius 1 is 1.26 bits per heavy atom. The van der Waals surface area contributed by atoms with Crippen LogP contribution in [-0.2, 0) is 9.59 Å². The Kier molecular flexibility index (Phi) is 5.79. The number of hydrogen-bond donors (Lipinski definition) is 2. The lowest BCUT2D eigenvalue weighted by molar-refractivity contribution is -0.140. The molecule has 5 heteroatoms. The second-order valence-corrected chi connectivity index (χ2v) is 6.08. The van der Waals surface area contributed by atoms with Gasteiger partial charge in [-0.2, -0.15) is 0 Å². The summed E-state index contributed by atoms with van der Waals surface area (Å²) >= 11 is 0. The molecule has 0 radical (unpaired) electrons. The summed E-state index contributed by atoms with van der Waals surface area (Å²) in [5.74, 6) is 0.181. The van der Waals surface area contributed by atoms with Crippen LogP contribution in [0.3, 0.4) is 0 Å². The maximum Gasteiger partial charge on any atom is 0.242 e. The molecule has 1 saturated carbocycles. The minimum atomic E-state index is -0.759. The van der Waals surface area contributed by atoms with Gasteiger partial charge in [-0.05, 0) is 18.8 Å². The van der Waals surface area contributed by atoms with Crippen molar-refractivity contribution in [2.75, 3.05) is 20.1 Å². The van der Waals surface area contributed by atoms with Crippen molar-refractivity contribution in [3.63, 3.8) is 0 Å². The highest BCUT2D eigenvalue weighted by molar-refractivity contribution is 5.90. The SMILES string of the molecule is CC(C)CNC(=O)CN(C)C(=O)C1(N)CCCCC1. The Hall–Kier alpha value is -1.10. The molecule has 0 aromatic heterocycles. The number of nitrogens with one attached hydrogen (secondary N) is 1. The molecule has 0 saturated heterocycles. The van der Waals surface area contributed by atoms with E-state index in [4.69, 9.17) is 5.73 Å². The lowest BCUT2D eigenvalue weighted by Gasteiger charge is -2.35. The van der Waals surface area contributed by atoms with E-state index in [1.54, 1.807) is 7.05 Å². The van der Waals surface area contributed by atoms with Gasteiger partial charge in [0.25, 0.3) is 0 Å². The zero-order valence-electron chi connectivity index (χ0n) is 12.4. The number of rotatable bonds is 5. The normalized spacial score (nSPS) is 18.2. The van der Waals surface area contributed by atoms with Gasteiger partial charge in [0.05, 0.1) is 12.1 Å². The van der Waals surface area contributed by atoms with E-state index in [1.807, 2.05) is 13.8 Å². The Morgan fingerprint density at radius 2 is 1.84 bits per heavy atom. The molecule has 19 heavy (non-hydrogen) atoms. The molecule has 0 unspecified atom stereocenters. The third kappa shape index (κ3) is 4.82. The average Bonchev–Trinajstić information content (AvgIpc) is 2.36. The highest BCUT2D eigenvalue weighted by Crippen LogP contribution is 2.27. The van der Waals surface area contributed by atoms with E-state index < -0.39 is 5.54 Å². The van der Waals surface area contributed by atoms with Gasteiger partial charge < -0.3 is 16.0 Å². The van der Waals surface area contributed by atoms with Crippen LogP contribution in [0.25, 0.3) is 0 Å².